The molecule has 0 fully saturated rings. The Kier molecular flexibility index (Phi) is 5.86. The summed E-state index contributed by atoms with van der Waals surface area (Å²) in [5, 5.41) is 17.1. The molecule has 4 heterocycles. The average Bonchev–Trinajstić information content (AvgIpc) is 3.15. The Morgan fingerprint density at radius 2 is 2.03 bits per heavy atom. The van der Waals surface area contributed by atoms with Crippen LogP contribution in [0.15, 0.2) is 47.4 Å². The Morgan fingerprint density at radius 3 is 2.82 bits per heavy atom. The number of nitrogens with one attached hydrogen (secondary N) is 2. The first-order valence-corrected chi connectivity index (χ1v) is 11.2. The van der Waals surface area contributed by atoms with E-state index in [2.05, 4.69) is 37.7 Å². The molecule has 1 unspecified atom stereocenters. The van der Waals surface area contributed by atoms with Gasteiger partial charge in [-0.15, -0.1) is 0 Å². The van der Waals surface area contributed by atoms with Crippen molar-refractivity contribution in [1.82, 2.24) is 29.6 Å². The summed E-state index contributed by atoms with van der Waals surface area (Å²) in [5.41, 5.74) is 4.01. The van der Waals surface area contributed by atoms with Gasteiger partial charge >= 0.3 is 0 Å². The first kappa shape index (κ1) is 22.2. The topological polar surface area (TPSA) is 119 Å². The molecule has 4 aromatic rings. The monoisotopic (exact) mass is 461 g/mol. The second-order valence-corrected chi connectivity index (χ2v) is 8.53. The van der Waals surface area contributed by atoms with Gasteiger partial charge < -0.3 is 20.5 Å². The van der Waals surface area contributed by atoms with E-state index in [1.54, 1.807) is 27.6 Å². The van der Waals surface area contributed by atoms with Crippen molar-refractivity contribution in [2.24, 2.45) is 0 Å². The molecule has 1 aliphatic heterocycles. The molecule has 0 aliphatic carbocycles. The van der Waals surface area contributed by atoms with Gasteiger partial charge in [0.15, 0.2) is 17.8 Å². The van der Waals surface area contributed by atoms with Crippen LogP contribution in [0.3, 0.4) is 0 Å². The lowest BCUT2D eigenvalue weighted by Gasteiger charge is -2.18. The lowest BCUT2D eigenvalue weighted by Crippen LogP contribution is -2.25. The highest BCUT2D eigenvalue weighted by atomic mass is 16.6. The fourth-order valence-corrected chi connectivity index (χ4v) is 4.25. The number of hydrogen-bond acceptors (Lipinski definition) is 8. The van der Waals surface area contributed by atoms with Crippen molar-refractivity contribution in [3.05, 3.63) is 69.8 Å². The Morgan fingerprint density at radius 1 is 1.18 bits per heavy atom. The summed E-state index contributed by atoms with van der Waals surface area (Å²) in [5.74, 6) is 0.817. The molecule has 0 radical (unpaired) electrons. The number of aliphatic hydroxyl groups excluding tert-OH is 1. The summed E-state index contributed by atoms with van der Waals surface area (Å²) in [4.78, 5) is 26.8. The smallest absolute Gasteiger partial charge is 0.278 e. The highest BCUT2D eigenvalue weighted by Gasteiger charge is 2.21. The summed E-state index contributed by atoms with van der Waals surface area (Å²) < 4.78 is 8.24. The number of aromatic nitrogens is 5. The van der Waals surface area contributed by atoms with Crippen LogP contribution in [0.5, 0.6) is 0 Å². The minimum atomic E-state index is -1.17. The summed E-state index contributed by atoms with van der Waals surface area (Å²) in [6.45, 7) is 5.65. The number of hydrogen-bond donors (Lipinski definition) is 3. The molecule has 0 spiro atoms. The van der Waals surface area contributed by atoms with Gasteiger partial charge in [0.1, 0.15) is 5.39 Å². The van der Waals surface area contributed by atoms with Crippen LogP contribution in [-0.2, 0) is 17.7 Å². The number of aliphatic hydroxyl groups is 1. The van der Waals surface area contributed by atoms with E-state index in [0.717, 1.165) is 25.2 Å². The van der Waals surface area contributed by atoms with Crippen LogP contribution in [0.25, 0.3) is 16.9 Å². The predicted molar refractivity (Wildman–Crippen MR) is 128 cm³/mol. The molecule has 176 valence electrons. The minimum absolute atomic E-state index is 0.163. The predicted octanol–water partition coefficient (Wildman–Crippen LogP) is 2.58. The molecular weight excluding hydrogens is 434 g/mol. The molecule has 3 N–H and O–H groups in total. The maximum atomic E-state index is 13.2. The molecule has 5 rings (SSSR count). The van der Waals surface area contributed by atoms with E-state index in [1.807, 2.05) is 19.9 Å². The van der Waals surface area contributed by atoms with Crippen LogP contribution < -0.4 is 16.2 Å². The maximum absolute atomic E-state index is 13.2. The van der Waals surface area contributed by atoms with E-state index in [9.17, 15) is 9.90 Å². The second kappa shape index (κ2) is 8.98. The van der Waals surface area contributed by atoms with Gasteiger partial charge in [-0.2, -0.15) is 4.98 Å². The number of pyridine rings is 1. The lowest BCUT2D eigenvalue weighted by molar-refractivity contribution is -0.0798. The van der Waals surface area contributed by atoms with E-state index in [1.165, 1.54) is 24.4 Å². The van der Waals surface area contributed by atoms with Gasteiger partial charge in [-0.3, -0.25) is 4.79 Å². The third-order valence-electron chi connectivity index (χ3n) is 5.91. The summed E-state index contributed by atoms with van der Waals surface area (Å²) in [7, 11) is 1.40. The van der Waals surface area contributed by atoms with Crippen LogP contribution in [-0.4, -0.2) is 43.1 Å². The number of ether oxygens (including phenoxy) is 1. The molecule has 1 aromatic carbocycles. The fourth-order valence-electron chi connectivity index (χ4n) is 4.25. The van der Waals surface area contributed by atoms with Crippen molar-refractivity contribution in [3.8, 4) is 5.82 Å². The molecule has 34 heavy (non-hydrogen) atoms. The Bertz CT molecular complexity index is 1410. The maximum Gasteiger partial charge on any atom is 0.278 e. The van der Waals surface area contributed by atoms with E-state index >= 15 is 0 Å². The number of nitrogens with zero attached hydrogens (tertiary/aromatic N) is 5. The SMILES string of the molecule is COC(O)c1cccc(-n2c3nc(Nc4ccc5c(c4)CNCC5)ncc3c(=O)n2C(C)C)n1. The molecule has 10 heteroatoms. The molecule has 1 atom stereocenters. The van der Waals surface area contributed by atoms with Gasteiger partial charge in [-0.25, -0.2) is 19.3 Å². The summed E-state index contributed by atoms with van der Waals surface area (Å²) >= 11 is 0. The van der Waals surface area contributed by atoms with Crippen LogP contribution in [0, 0.1) is 0 Å². The normalized spacial score (nSPS) is 14.4. The third kappa shape index (κ3) is 3.96. The summed E-state index contributed by atoms with van der Waals surface area (Å²) in [6, 6.07) is 11.2. The second-order valence-electron chi connectivity index (χ2n) is 8.53. The quantitative estimate of drug-likeness (QED) is 0.375. The number of methoxy groups -OCH3 is 1. The van der Waals surface area contributed by atoms with Crippen molar-refractivity contribution < 1.29 is 9.84 Å². The van der Waals surface area contributed by atoms with Gasteiger partial charge in [-0.1, -0.05) is 12.1 Å². The molecule has 10 nitrogen and oxygen atoms in total. The van der Waals surface area contributed by atoms with Crippen molar-refractivity contribution in [2.45, 2.75) is 39.1 Å². The van der Waals surface area contributed by atoms with Crippen LogP contribution >= 0.6 is 0 Å². The van der Waals surface area contributed by atoms with Crippen molar-refractivity contribution in [2.75, 3.05) is 19.0 Å². The Balaban J connectivity index is 1.61. The highest BCUT2D eigenvalue weighted by Crippen LogP contribution is 2.23. The van der Waals surface area contributed by atoms with E-state index in [-0.39, 0.29) is 11.6 Å². The fraction of sp³-hybridized carbons (Fsp3) is 0.333. The highest BCUT2D eigenvalue weighted by molar-refractivity contribution is 5.77. The third-order valence-corrected chi connectivity index (χ3v) is 5.91. The van der Waals surface area contributed by atoms with Gasteiger partial charge in [0.2, 0.25) is 5.95 Å². The van der Waals surface area contributed by atoms with E-state index < -0.39 is 6.29 Å². The first-order chi connectivity index (χ1) is 16.5. The first-order valence-electron chi connectivity index (χ1n) is 11.2. The molecular formula is C24H27N7O3. The molecule has 3 aromatic heterocycles. The molecule has 0 saturated carbocycles. The van der Waals surface area contributed by atoms with Crippen molar-refractivity contribution >= 4 is 22.7 Å². The van der Waals surface area contributed by atoms with Crippen LogP contribution in [0.2, 0.25) is 0 Å². The van der Waals surface area contributed by atoms with Gasteiger partial charge in [0, 0.05) is 31.6 Å². The summed E-state index contributed by atoms with van der Waals surface area (Å²) in [6.07, 6.45) is 1.37. The van der Waals surface area contributed by atoms with Crippen molar-refractivity contribution in [3.63, 3.8) is 0 Å². The van der Waals surface area contributed by atoms with E-state index in [4.69, 9.17) is 4.74 Å². The molecule has 1 aliphatic rings. The average molecular weight is 462 g/mol. The molecule has 0 saturated heterocycles. The Labute approximate surface area is 196 Å². The number of fused-ring (bicyclic) bond motifs is 2. The van der Waals surface area contributed by atoms with Crippen molar-refractivity contribution in [1.29, 1.82) is 0 Å². The zero-order valence-electron chi connectivity index (χ0n) is 19.3. The molecule has 0 amide bonds. The zero-order valence-corrected chi connectivity index (χ0v) is 19.3. The zero-order chi connectivity index (χ0) is 23.8. The van der Waals surface area contributed by atoms with E-state index in [0.29, 0.717) is 28.5 Å². The lowest BCUT2D eigenvalue weighted by atomic mass is 10.0. The number of benzene rings is 1. The minimum Gasteiger partial charge on any atom is -0.363 e. The molecule has 0 bridgehead atoms. The Hall–Kier alpha value is -3.60. The number of anilines is 2. The van der Waals surface area contributed by atoms with Crippen LogP contribution in [0.4, 0.5) is 11.6 Å². The van der Waals surface area contributed by atoms with Gasteiger partial charge in [0.05, 0.1) is 5.69 Å². The van der Waals surface area contributed by atoms with Crippen LogP contribution in [0.1, 0.15) is 43.0 Å². The number of rotatable bonds is 6. The van der Waals surface area contributed by atoms with Gasteiger partial charge in [-0.05, 0) is 62.2 Å². The largest absolute Gasteiger partial charge is 0.363 e. The standard InChI is InChI=1S/C24H27N7O3/c1-14(2)30-22(32)18-13-26-24(27-17-8-7-15-9-10-25-12-16(15)11-17)29-21(18)31(30)20-6-4-5-19(28-20)23(33)34-3/h4-8,11,13-14,23,25,33H,9-10,12H2,1-3H3,(H,26,27,29). The van der Waals surface area contributed by atoms with Gasteiger partial charge in [0.25, 0.3) is 5.56 Å².